The molecule has 1 unspecified atom stereocenters. The summed E-state index contributed by atoms with van der Waals surface area (Å²) in [7, 11) is 1.55. The van der Waals surface area contributed by atoms with Crippen LogP contribution in [0.5, 0.6) is 5.75 Å². The molecule has 0 saturated heterocycles. The molecule has 0 saturated carbocycles. The number of ether oxygens (including phenoxy) is 1. The summed E-state index contributed by atoms with van der Waals surface area (Å²) in [6, 6.07) is 7.67. The lowest BCUT2D eigenvalue weighted by Gasteiger charge is -2.24. The molecule has 0 aliphatic heterocycles. The van der Waals surface area contributed by atoms with Crippen LogP contribution >= 0.6 is 15.9 Å². The maximum absolute atomic E-state index is 11.3. The third-order valence-corrected chi connectivity index (χ3v) is 3.26. The van der Waals surface area contributed by atoms with Crippen LogP contribution in [0.25, 0.3) is 0 Å². The molecule has 0 bridgehead atoms. The minimum Gasteiger partial charge on any atom is -0.496 e. The van der Waals surface area contributed by atoms with Gasteiger partial charge in [-0.3, -0.25) is 4.79 Å². The van der Waals surface area contributed by atoms with Crippen molar-refractivity contribution in [3.05, 3.63) is 28.2 Å². The average Bonchev–Trinajstić information content (AvgIpc) is 2.27. The van der Waals surface area contributed by atoms with Gasteiger partial charge in [-0.25, -0.2) is 0 Å². The number of nitriles is 1. The monoisotopic (exact) mass is 295 g/mol. The van der Waals surface area contributed by atoms with E-state index in [9.17, 15) is 10.1 Å². The summed E-state index contributed by atoms with van der Waals surface area (Å²) >= 11 is 3.41. The zero-order valence-electron chi connectivity index (χ0n) is 10.1. The molecular weight excluding hydrogens is 282 g/mol. The normalized spacial score (nSPS) is 13.6. The van der Waals surface area contributed by atoms with Crippen molar-refractivity contribution in [2.45, 2.75) is 25.7 Å². The lowest BCUT2D eigenvalue weighted by atomic mass is 9.79. The molecule has 1 aromatic rings. The van der Waals surface area contributed by atoms with Gasteiger partial charge in [-0.1, -0.05) is 22.0 Å². The average molecular weight is 296 g/mol. The molecule has 0 spiro atoms. The van der Waals surface area contributed by atoms with E-state index in [0.29, 0.717) is 5.75 Å². The second-order valence-electron chi connectivity index (χ2n) is 4.14. The topological polar surface area (TPSA) is 50.1 Å². The first-order valence-corrected chi connectivity index (χ1v) is 5.97. The zero-order chi connectivity index (χ0) is 13.1. The molecule has 0 aliphatic carbocycles. The molecule has 1 atom stereocenters. The van der Waals surface area contributed by atoms with Crippen LogP contribution in [-0.4, -0.2) is 12.9 Å². The van der Waals surface area contributed by atoms with Crippen molar-refractivity contribution < 1.29 is 9.53 Å². The Morgan fingerprint density at radius 3 is 2.71 bits per heavy atom. The van der Waals surface area contributed by atoms with Crippen molar-refractivity contribution in [2.24, 2.45) is 0 Å². The Balaban J connectivity index is 3.39. The standard InChI is InChI=1S/C13H14BrNO2/c1-9(16)7-13(2,8-15)12-10(14)5-4-6-11(12)17-3/h4-6H,7H2,1-3H3. The second-order valence-corrected chi connectivity index (χ2v) is 4.99. The van der Waals surface area contributed by atoms with E-state index in [-0.39, 0.29) is 12.2 Å². The summed E-state index contributed by atoms with van der Waals surface area (Å²) in [6.45, 7) is 3.23. The predicted molar refractivity (Wildman–Crippen MR) is 69.0 cm³/mol. The van der Waals surface area contributed by atoms with E-state index < -0.39 is 5.41 Å². The lowest BCUT2D eigenvalue weighted by Crippen LogP contribution is -2.24. The van der Waals surface area contributed by atoms with Crippen molar-refractivity contribution in [1.82, 2.24) is 0 Å². The maximum atomic E-state index is 11.3. The van der Waals surface area contributed by atoms with Gasteiger partial charge in [0.1, 0.15) is 11.5 Å². The van der Waals surface area contributed by atoms with Gasteiger partial charge in [-0.05, 0) is 26.0 Å². The molecule has 0 aromatic heterocycles. The SMILES string of the molecule is COc1cccc(Br)c1C(C)(C#N)CC(C)=O. The molecule has 0 N–H and O–H groups in total. The highest BCUT2D eigenvalue weighted by Crippen LogP contribution is 2.39. The van der Waals surface area contributed by atoms with Gasteiger partial charge in [-0.15, -0.1) is 0 Å². The molecule has 17 heavy (non-hydrogen) atoms. The molecule has 0 amide bonds. The smallest absolute Gasteiger partial charge is 0.131 e. The highest BCUT2D eigenvalue weighted by molar-refractivity contribution is 9.10. The molecule has 1 rings (SSSR count). The van der Waals surface area contributed by atoms with E-state index in [0.717, 1.165) is 10.0 Å². The Morgan fingerprint density at radius 2 is 2.24 bits per heavy atom. The van der Waals surface area contributed by atoms with Gasteiger partial charge in [0.15, 0.2) is 0 Å². The fourth-order valence-corrected chi connectivity index (χ4v) is 2.68. The van der Waals surface area contributed by atoms with E-state index in [1.54, 1.807) is 20.1 Å². The number of ketones is 1. The number of hydrogen-bond acceptors (Lipinski definition) is 3. The van der Waals surface area contributed by atoms with Crippen LogP contribution in [0, 0.1) is 11.3 Å². The number of benzene rings is 1. The van der Waals surface area contributed by atoms with E-state index >= 15 is 0 Å². The molecule has 0 heterocycles. The Labute approximate surface area is 110 Å². The molecule has 90 valence electrons. The van der Waals surface area contributed by atoms with Crippen LogP contribution in [0.15, 0.2) is 22.7 Å². The summed E-state index contributed by atoms with van der Waals surface area (Å²) in [4.78, 5) is 11.3. The van der Waals surface area contributed by atoms with E-state index in [1.807, 2.05) is 12.1 Å². The molecule has 0 fully saturated rings. The predicted octanol–water partition coefficient (Wildman–Crippen LogP) is 3.22. The maximum Gasteiger partial charge on any atom is 0.131 e. The fourth-order valence-electron chi connectivity index (χ4n) is 1.89. The largest absolute Gasteiger partial charge is 0.496 e. The number of rotatable bonds is 4. The molecule has 0 aliphatic rings. The number of Topliss-reactive ketones (excluding diaryl/α,β-unsaturated/α-hetero) is 1. The van der Waals surface area contributed by atoms with E-state index in [1.165, 1.54) is 6.92 Å². The Bertz CT molecular complexity index is 479. The van der Waals surface area contributed by atoms with Crippen LogP contribution in [-0.2, 0) is 10.2 Å². The first-order valence-electron chi connectivity index (χ1n) is 5.18. The summed E-state index contributed by atoms with van der Waals surface area (Å²) in [5.41, 5.74) is -0.155. The van der Waals surface area contributed by atoms with Gasteiger partial charge in [-0.2, -0.15) is 5.26 Å². The van der Waals surface area contributed by atoms with Crippen LogP contribution in [0.1, 0.15) is 25.8 Å². The van der Waals surface area contributed by atoms with Gasteiger partial charge in [0.05, 0.1) is 18.6 Å². The minimum atomic E-state index is -0.878. The van der Waals surface area contributed by atoms with Crippen molar-refractivity contribution in [1.29, 1.82) is 5.26 Å². The number of hydrogen-bond donors (Lipinski definition) is 0. The molecular formula is C13H14BrNO2. The minimum absolute atomic E-state index is 0.0214. The first kappa shape index (κ1) is 13.7. The summed E-state index contributed by atoms with van der Waals surface area (Å²) in [5, 5.41) is 9.35. The van der Waals surface area contributed by atoms with Crippen LogP contribution in [0.4, 0.5) is 0 Å². The number of carbonyl (C=O) groups excluding carboxylic acids is 1. The highest BCUT2D eigenvalue weighted by Gasteiger charge is 2.33. The van der Waals surface area contributed by atoms with Gasteiger partial charge < -0.3 is 4.74 Å². The number of methoxy groups -OCH3 is 1. The van der Waals surface area contributed by atoms with Crippen LogP contribution in [0.3, 0.4) is 0 Å². The van der Waals surface area contributed by atoms with E-state index in [4.69, 9.17) is 4.74 Å². The number of carbonyl (C=O) groups is 1. The summed E-state index contributed by atoms with van der Waals surface area (Å²) in [6.07, 6.45) is 0.169. The Morgan fingerprint density at radius 1 is 1.59 bits per heavy atom. The highest BCUT2D eigenvalue weighted by atomic mass is 79.9. The molecule has 3 nitrogen and oxygen atoms in total. The number of halogens is 1. The van der Waals surface area contributed by atoms with Crippen molar-refractivity contribution in [2.75, 3.05) is 7.11 Å². The van der Waals surface area contributed by atoms with Crippen molar-refractivity contribution in [3.63, 3.8) is 0 Å². The van der Waals surface area contributed by atoms with Gasteiger partial charge >= 0.3 is 0 Å². The van der Waals surface area contributed by atoms with Crippen LogP contribution < -0.4 is 4.74 Å². The quantitative estimate of drug-likeness (QED) is 0.857. The molecule has 1 aromatic carbocycles. The van der Waals surface area contributed by atoms with Gasteiger partial charge in [0.25, 0.3) is 0 Å². The number of nitrogens with zero attached hydrogens (tertiary/aromatic N) is 1. The fraction of sp³-hybridized carbons (Fsp3) is 0.385. The third kappa shape index (κ3) is 2.86. The van der Waals surface area contributed by atoms with Gasteiger partial charge in [0, 0.05) is 16.5 Å². The molecule has 0 radical (unpaired) electrons. The lowest BCUT2D eigenvalue weighted by molar-refractivity contribution is -0.117. The van der Waals surface area contributed by atoms with E-state index in [2.05, 4.69) is 22.0 Å². The van der Waals surface area contributed by atoms with Crippen molar-refractivity contribution >= 4 is 21.7 Å². The second kappa shape index (κ2) is 5.33. The van der Waals surface area contributed by atoms with Crippen LogP contribution in [0.2, 0.25) is 0 Å². The van der Waals surface area contributed by atoms with Crippen molar-refractivity contribution in [3.8, 4) is 11.8 Å². The third-order valence-electron chi connectivity index (χ3n) is 2.60. The summed E-state index contributed by atoms with van der Waals surface area (Å²) in [5.74, 6) is 0.594. The van der Waals surface area contributed by atoms with Gasteiger partial charge in [0.2, 0.25) is 0 Å². The summed E-state index contributed by atoms with van der Waals surface area (Å²) < 4.78 is 6.04. The zero-order valence-corrected chi connectivity index (χ0v) is 11.7. The first-order chi connectivity index (χ1) is 7.94. The molecule has 4 heteroatoms. The Kier molecular flexibility index (Phi) is 4.30. The Hall–Kier alpha value is -1.34.